The van der Waals surface area contributed by atoms with E-state index in [9.17, 15) is 4.79 Å². The predicted octanol–water partition coefficient (Wildman–Crippen LogP) is 3.57. The molecule has 0 saturated carbocycles. The van der Waals surface area contributed by atoms with Crippen molar-refractivity contribution in [3.63, 3.8) is 0 Å². The summed E-state index contributed by atoms with van der Waals surface area (Å²) in [6.07, 6.45) is 0.510. The number of hydrogen-bond donors (Lipinski definition) is 1. The number of carbonyl (C=O) groups is 1. The maximum atomic E-state index is 13.0. The number of aromatic nitrogens is 1. The average molecular weight is 415 g/mol. The van der Waals surface area contributed by atoms with Gasteiger partial charge in [-0.05, 0) is 43.2 Å². The second-order valence-electron chi connectivity index (χ2n) is 7.26. The molecule has 0 aliphatic carbocycles. The van der Waals surface area contributed by atoms with Crippen LogP contribution in [-0.4, -0.2) is 43.8 Å². The van der Waals surface area contributed by atoms with Gasteiger partial charge in [-0.25, -0.2) is 4.98 Å². The number of thioether (sulfide) groups is 1. The molecule has 4 nitrogen and oxygen atoms in total. The van der Waals surface area contributed by atoms with Crippen LogP contribution in [0.15, 0.2) is 47.4 Å². The number of carbonyl (C=O) groups excluding carboxylic acids is 1. The van der Waals surface area contributed by atoms with Crippen LogP contribution < -0.4 is 9.80 Å². The molecule has 1 N–H and O–H groups in total. The van der Waals surface area contributed by atoms with Crippen molar-refractivity contribution in [3.05, 3.63) is 53.6 Å². The van der Waals surface area contributed by atoms with Gasteiger partial charge in [0.25, 0.3) is 0 Å². The molecule has 0 aliphatic rings. The molecule has 1 amide bonds. The lowest BCUT2D eigenvalue weighted by molar-refractivity contribution is -0.856. The van der Waals surface area contributed by atoms with Crippen molar-refractivity contribution in [1.82, 2.24) is 4.98 Å². The predicted molar refractivity (Wildman–Crippen MR) is 121 cm³/mol. The first-order chi connectivity index (χ1) is 13.5. The van der Waals surface area contributed by atoms with E-state index >= 15 is 0 Å². The first kappa shape index (κ1) is 20.8. The number of fused-ring (bicyclic) bond motifs is 1. The van der Waals surface area contributed by atoms with E-state index in [1.54, 1.807) is 23.1 Å². The average Bonchev–Trinajstić information content (AvgIpc) is 3.10. The normalized spacial score (nSPS) is 11.3. The van der Waals surface area contributed by atoms with E-state index in [0.29, 0.717) is 13.0 Å². The van der Waals surface area contributed by atoms with Gasteiger partial charge in [-0.2, -0.15) is 0 Å². The van der Waals surface area contributed by atoms with Crippen LogP contribution >= 0.6 is 23.1 Å². The van der Waals surface area contributed by atoms with E-state index in [1.807, 2.05) is 23.1 Å². The Morgan fingerprint density at radius 3 is 2.61 bits per heavy atom. The minimum Gasteiger partial charge on any atom is -0.338 e. The standard InChI is InChI=1S/C22H27N3OS2/c1-16-10-11-19-21(17(16)2)23-22(28-19)25(14-13-24(3)4)20(26)12-15-27-18-8-6-5-7-9-18/h5-11H,12-15H2,1-4H3/p+1. The second-order valence-corrected chi connectivity index (χ2v) is 9.44. The molecule has 0 aliphatic heterocycles. The van der Waals surface area contributed by atoms with Crippen molar-refractivity contribution in [2.45, 2.75) is 25.2 Å². The number of nitrogens with one attached hydrogen (secondary N) is 1. The van der Waals surface area contributed by atoms with Crippen LogP contribution in [0, 0.1) is 13.8 Å². The molecule has 0 unspecified atom stereocenters. The summed E-state index contributed by atoms with van der Waals surface area (Å²) >= 11 is 3.34. The van der Waals surface area contributed by atoms with Crippen LogP contribution in [0.1, 0.15) is 17.5 Å². The van der Waals surface area contributed by atoms with Crippen LogP contribution in [0.25, 0.3) is 10.2 Å². The van der Waals surface area contributed by atoms with Gasteiger partial charge in [0.15, 0.2) is 5.13 Å². The molecule has 0 saturated heterocycles. The van der Waals surface area contributed by atoms with Gasteiger partial charge in [-0.3, -0.25) is 9.69 Å². The Morgan fingerprint density at radius 1 is 1.14 bits per heavy atom. The minimum atomic E-state index is 0.151. The number of aryl methyl sites for hydroxylation is 2. The smallest absolute Gasteiger partial charge is 0.229 e. The maximum Gasteiger partial charge on any atom is 0.229 e. The van der Waals surface area contributed by atoms with E-state index in [2.05, 4.69) is 52.2 Å². The van der Waals surface area contributed by atoms with Gasteiger partial charge in [0.05, 0.1) is 37.4 Å². The topological polar surface area (TPSA) is 37.6 Å². The van der Waals surface area contributed by atoms with Crippen LogP contribution in [0.3, 0.4) is 0 Å². The number of likely N-dealkylation sites (N-methyl/N-ethyl adjacent to an activating group) is 1. The van der Waals surface area contributed by atoms with E-state index < -0.39 is 0 Å². The van der Waals surface area contributed by atoms with E-state index in [1.165, 1.54) is 20.9 Å². The number of thiazole rings is 1. The maximum absolute atomic E-state index is 13.0. The van der Waals surface area contributed by atoms with Crippen molar-refractivity contribution in [2.75, 3.05) is 37.8 Å². The van der Waals surface area contributed by atoms with E-state index in [0.717, 1.165) is 27.6 Å². The third-order valence-electron chi connectivity index (χ3n) is 4.77. The molecule has 1 heterocycles. The first-order valence-corrected chi connectivity index (χ1v) is 11.4. The lowest BCUT2D eigenvalue weighted by Gasteiger charge is -2.20. The summed E-state index contributed by atoms with van der Waals surface area (Å²) in [5, 5.41) is 0.819. The highest BCUT2D eigenvalue weighted by atomic mass is 32.2. The van der Waals surface area contributed by atoms with Crippen molar-refractivity contribution < 1.29 is 9.69 Å². The Bertz CT molecular complexity index is 938. The molecule has 0 radical (unpaired) electrons. The molecular formula is C22H28N3OS2+. The van der Waals surface area contributed by atoms with Gasteiger partial charge in [0, 0.05) is 17.1 Å². The highest BCUT2D eigenvalue weighted by molar-refractivity contribution is 7.99. The van der Waals surface area contributed by atoms with Gasteiger partial charge in [-0.15, -0.1) is 11.8 Å². The molecule has 6 heteroatoms. The van der Waals surface area contributed by atoms with Gasteiger partial charge < -0.3 is 4.90 Å². The quantitative estimate of drug-likeness (QED) is 0.573. The third kappa shape index (κ3) is 5.13. The zero-order chi connectivity index (χ0) is 20.1. The molecular weight excluding hydrogens is 386 g/mol. The molecule has 28 heavy (non-hydrogen) atoms. The van der Waals surface area contributed by atoms with Gasteiger partial charge in [-0.1, -0.05) is 35.6 Å². The number of anilines is 1. The molecule has 1 aromatic heterocycles. The number of nitrogens with zero attached hydrogens (tertiary/aromatic N) is 2. The molecule has 0 atom stereocenters. The molecule has 0 fully saturated rings. The van der Waals surface area contributed by atoms with Gasteiger partial charge >= 0.3 is 0 Å². The van der Waals surface area contributed by atoms with Crippen LogP contribution in [0.4, 0.5) is 5.13 Å². The first-order valence-electron chi connectivity index (χ1n) is 9.59. The summed E-state index contributed by atoms with van der Waals surface area (Å²) in [7, 11) is 4.22. The third-order valence-corrected chi connectivity index (χ3v) is 6.83. The monoisotopic (exact) mass is 414 g/mol. The fourth-order valence-electron chi connectivity index (χ4n) is 2.90. The molecule has 3 rings (SSSR count). The van der Waals surface area contributed by atoms with Crippen molar-refractivity contribution in [1.29, 1.82) is 0 Å². The summed E-state index contributed by atoms with van der Waals surface area (Å²) in [5.74, 6) is 0.926. The van der Waals surface area contributed by atoms with Crippen LogP contribution in [-0.2, 0) is 4.79 Å². The summed E-state index contributed by atoms with van der Waals surface area (Å²) in [4.78, 5) is 22.3. The Kier molecular flexibility index (Phi) is 7.10. The summed E-state index contributed by atoms with van der Waals surface area (Å²) < 4.78 is 1.15. The molecule has 2 aromatic carbocycles. The minimum absolute atomic E-state index is 0.151. The number of rotatable bonds is 8. The summed E-state index contributed by atoms with van der Waals surface area (Å²) in [6.45, 7) is 5.79. The Balaban J connectivity index is 1.76. The lowest BCUT2D eigenvalue weighted by Crippen LogP contribution is -3.06. The highest BCUT2D eigenvalue weighted by Gasteiger charge is 2.21. The Labute approximate surface area is 175 Å². The van der Waals surface area contributed by atoms with Crippen molar-refractivity contribution in [2.24, 2.45) is 0 Å². The summed E-state index contributed by atoms with van der Waals surface area (Å²) in [6, 6.07) is 14.5. The van der Waals surface area contributed by atoms with E-state index in [-0.39, 0.29) is 5.91 Å². The van der Waals surface area contributed by atoms with Crippen LogP contribution in [0.2, 0.25) is 0 Å². The summed E-state index contributed by atoms with van der Waals surface area (Å²) in [5.41, 5.74) is 3.46. The number of benzene rings is 2. The Hall–Kier alpha value is -1.89. The molecule has 0 bridgehead atoms. The molecule has 148 valence electrons. The molecule has 3 aromatic rings. The zero-order valence-corrected chi connectivity index (χ0v) is 18.6. The van der Waals surface area contributed by atoms with Gasteiger partial charge in [0.1, 0.15) is 0 Å². The molecule has 0 spiro atoms. The number of amides is 1. The fraction of sp³-hybridized carbons (Fsp3) is 0.364. The highest BCUT2D eigenvalue weighted by Crippen LogP contribution is 2.32. The van der Waals surface area contributed by atoms with Crippen molar-refractivity contribution >= 4 is 44.4 Å². The number of hydrogen-bond acceptors (Lipinski definition) is 4. The number of quaternary nitrogens is 1. The zero-order valence-electron chi connectivity index (χ0n) is 17.0. The van der Waals surface area contributed by atoms with Crippen LogP contribution in [0.5, 0.6) is 0 Å². The van der Waals surface area contributed by atoms with Crippen molar-refractivity contribution in [3.8, 4) is 0 Å². The Morgan fingerprint density at radius 2 is 1.89 bits per heavy atom. The van der Waals surface area contributed by atoms with E-state index in [4.69, 9.17) is 4.98 Å². The van der Waals surface area contributed by atoms with Gasteiger partial charge in [0.2, 0.25) is 5.91 Å². The SMILES string of the molecule is Cc1ccc2sc(N(CC[NH+](C)C)C(=O)CCSc3ccccc3)nc2c1C. The fourth-order valence-corrected chi connectivity index (χ4v) is 4.83. The largest absolute Gasteiger partial charge is 0.338 e. The second kappa shape index (κ2) is 9.54. The lowest BCUT2D eigenvalue weighted by atomic mass is 10.1.